The third-order valence-corrected chi connectivity index (χ3v) is 4.37. The minimum absolute atomic E-state index is 0.390. The highest BCUT2D eigenvalue weighted by Crippen LogP contribution is 2.18. The standard InChI is InChI=1S/C12H15NOS2/c1-9-7-15-8-10(9)5-13-6-11(14)12-3-2-4-16-12/h2-4,7-8,11,13-14H,5-6H2,1H3. The zero-order chi connectivity index (χ0) is 11.4. The van der Waals surface area contributed by atoms with Crippen molar-refractivity contribution in [1.82, 2.24) is 5.32 Å². The van der Waals surface area contributed by atoms with Crippen molar-refractivity contribution in [1.29, 1.82) is 0 Å². The van der Waals surface area contributed by atoms with Gasteiger partial charge in [0.15, 0.2) is 0 Å². The lowest BCUT2D eigenvalue weighted by Crippen LogP contribution is -2.20. The fourth-order valence-corrected chi connectivity index (χ4v) is 3.06. The summed E-state index contributed by atoms with van der Waals surface area (Å²) >= 11 is 3.32. The molecule has 0 fully saturated rings. The van der Waals surface area contributed by atoms with Gasteiger partial charge in [0, 0.05) is 18.0 Å². The van der Waals surface area contributed by atoms with Crippen molar-refractivity contribution in [3.8, 4) is 0 Å². The van der Waals surface area contributed by atoms with E-state index in [1.807, 2.05) is 17.5 Å². The zero-order valence-corrected chi connectivity index (χ0v) is 10.8. The number of thiophene rings is 2. The first-order valence-electron chi connectivity index (χ1n) is 5.21. The normalized spacial score (nSPS) is 12.9. The van der Waals surface area contributed by atoms with E-state index >= 15 is 0 Å². The number of hydrogen-bond acceptors (Lipinski definition) is 4. The van der Waals surface area contributed by atoms with Crippen LogP contribution >= 0.6 is 22.7 Å². The maximum Gasteiger partial charge on any atom is 0.101 e. The second-order valence-electron chi connectivity index (χ2n) is 3.74. The first-order chi connectivity index (χ1) is 7.77. The third kappa shape index (κ3) is 2.92. The van der Waals surface area contributed by atoms with Crippen LogP contribution in [0.5, 0.6) is 0 Å². The molecule has 1 unspecified atom stereocenters. The Balaban J connectivity index is 1.78. The molecule has 2 nitrogen and oxygen atoms in total. The topological polar surface area (TPSA) is 32.3 Å². The van der Waals surface area contributed by atoms with Crippen LogP contribution < -0.4 is 5.32 Å². The molecule has 0 aliphatic carbocycles. The monoisotopic (exact) mass is 253 g/mol. The number of rotatable bonds is 5. The molecule has 0 saturated heterocycles. The van der Waals surface area contributed by atoms with E-state index in [1.54, 1.807) is 22.7 Å². The SMILES string of the molecule is Cc1cscc1CNCC(O)c1cccs1. The Morgan fingerprint density at radius 1 is 1.44 bits per heavy atom. The first kappa shape index (κ1) is 11.8. The Morgan fingerprint density at radius 3 is 2.94 bits per heavy atom. The van der Waals surface area contributed by atoms with Crippen molar-refractivity contribution < 1.29 is 5.11 Å². The summed E-state index contributed by atoms with van der Waals surface area (Å²) in [4.78, 5) is 1.02. The summed E-state index contributed by atoms with van der Waals surface area (Å²) in [5, 5.41) is 19.4. The second-order valence-corrected chi connectivity index (χ2v) is 5.46. The lowest BCUT2D eigenvalue weighted by Gasteiger charge is -2.09. The molecule has 0 aliphatic heterocycles. The summed E-state index contributed by atoms with van der Waals surface area (Å²) in [5.74, 6) is 0. The molecule has 0 spiro atoms. The van der Waals surface area contributed by atoms with E-state index in [0.717, 1.165) is 11.4 Å². The van der Waals surface area contributed by atoms with Gasteiger partial charge in [-0.25, -0.2) is 0 Å². The molecule has 2 aromatic rings. The van der Waals surface area contributed by atoms with Gasteiger partial charge in [-0.1, -0.05) is 6.07 Å². The molecule has 0 bridgehead atoms. The fraction of sp³-hybridized carbons (Fsp3) is 0.333. The number of aryl methyl sites for hydroxylation is 1. The predicted octanol–water partition coefficient (Wildman–Crippen LogP) is 2.94. The molecule has 16 heavy (non-hydrogen) atoms. The van der Waals surface area contributed by atoms with E-state index < -0.39 is 0 Å². The number of aliphatic hydroxyl groups excluding tert-OH is 1. The number of aliphatic hydroxyl groups is 1. The van der Waals surface area contributed by atoms with Gasteiger partial charge < -0.3 is 10.4 Å². The van der Waals surface area contributed by atoms with Crippen LogP contribution in [0.1, 0.15) is 22.1 Å². The molecule has 1 atom stereocenters. The highest BCUT2D eigenvalue weighted by Gasteiger charge is 2.07. The highest BCUT2D eigenvalue weighted by molar-refractivity contribution is 7.10. The Labute approximate surface area is 104 Å². The van der Waals surface area contributed by atoms with Gasteiger partial charge in [0.2, 0.25) is 0 Å². The third-order valence-electron chi connectivity index (χ3n) is 2.49. The van der Waals surface area contributed by atoms with Crippen LogP contribution in [0.2, 0.25) is 0 Å². The van der Waals surface area contributed by atoms with Crippen molar-refractivity contribution in [3.63, 3.8) is 0 Å². The van der Waals surface area contributed by atoms with Crippen molar-refractivity contribution in [2.75, 3.05) is 6.54 Å². The molecule has 0 aliphatic rings. The molecule has 86 valence electrons. The molecule has 2 heterocycles. The van der Waals surface area contributed by atoms with Crippen molar-refractivity contribution in [2.45, 2.75) is 19.6 Å². The van der Waals surface area contributed by atoms with Crippen LogP contribution in [-0.2, 0) is 6.54 Å². The van der Waals surface area contributed by atoms with Crippen molar-refractivity contribution in [2.24, 2.45) is 0 Å². The van der Waals surface area contributed by atoms with Crippen LogP contribution in [0.25, 0.3) is 0 Å². The minimum atomic E-state index is -0.390. The molecular formula is C12H15NOS2. The summed E-state index contributed by atoms with van der Waals surface area (Å²) in [7, 11) is 0. The Morgan fingerprint density at radius 2 is 2.31 bits per heavy atom. The highest BCUT2D eigenvalue weighted by atomic mass is 32.1. The number of nitrogens with one attached hydrogen (secondary N) is 1. The number of hydrogen-bond donors (Lipinski definition) is 2. The van der Waals surface area contributed by atoms with Gasteiger partial charge in [0.25, 0.3) is 0 Å². The quantitative estimate of drug-likeness (QED) is 0.858. The minimum Gasteiger partial charge on any atom is -0.386 e. The smallest absolute Gasteiger partial charge is 0.101 e. The summed E-state index contributed by atoms with van der Waals surface area (Å²) in [6, 6.07) is 3.93. The first-order valence-corrected chi connectivity index (χ1v) is 7.03. The van der Waals surface area contributed by atoms with E-state index in [9.17, 15) is 5.11 Å². The lowest BCUT2D eigenvalue weighted by molar-refractivity contribution is 0.178. The molecular weight excluding hydrogens is 238 g/mol. The summed E-state index contributed by atoms with van der Waals surface area (Å²) in [6.07, 6.45) is -0.390. The van der Waals surface area contributed by atoms with Crippen molar-refractivity contribution in [3.05, 3.63) is 44.3 Å². The van der Waals surface area contributed by atoms with E-state index in [2.05, 4.69) is 23.0 Å². The molecule has 4 heteroatoms. The Hall–Kier alpha value is -0.680. The van der Waals surface area contributed by atoms with Crippen molar-refractivity contribution >= 4 is 22.7 Å². The molecule has 0 amide bonds. The van der Waals surface area contributed by atoms with Gasteiger partial charge in [0.1, 0.15) is 6.10 Å². The molecule has 0 saturated carbocycles. The van der Waals surface area contributed by atoms with Crippen LogP contribution in [0.4, 0.5) is 0 Å². The molecule has 2 rings (SSSR count). The van der Waals surface area contributed by atoms with Crippen LogP contribution in [0, 0.1) is 6.92 Å². The fourth-order valence-electron chi connectivity index (χ4n) is 1.49. The average Bonchev–Trinajstić information content (AvgIpc) is 2.90. The van der Waals surface area contributed by atoms with E-state index in [0.29, 0.717) is 6.54 Å². The van der Waals surface area contributed by atoms with Crippen LogP contribution in [-0.4, -0.2) is 11.7 Å². The summed E-state index contributed by atoms with van der Waals surface area (Å²) < 4.78 is 0. The molecule has 2 aromatic heterocycles. The van der Waals surface area contributed by atoms with Gasteiger partial charge in [-0.05, 0) is 40.3 Å². The van der Waals surface area contributed by atoms with Gasteiger partial charge >= 0.3 is 0 Å². The Kier molecular flexibility index (Phi) is 4.12. The second kappa shape index (κ2) is 5.59. The molecule has 2 N–H and O–H groups in total. The van der Waals surface area contributed by atoms with E-state index in [-0.39, 0.29) is 6.10 Å². The molecule has 0 aromatic carbocycles. The maximum absolute atomic E-state index is 9.86. The van der Waals surface area contributed by atoms with Gasteiger partial charge in [-0.2, -0.15) is 11.3 Å². The van der Waals surface area contributed by atoms with Crippen LogP contribution in [0.15, 0.2) is 28.3 Å². The molecule has 0 radical (unpaired) electrons. The summed E-state index contributed by atoms with van der Waals surface area (Å²) in [6.45, 7) is 3.55. The maximum atomic E-state index is 9.86. The largest absolute Gasteiger partial charge is 0.386 e. The Bertz CT molecular complexity index is 422. The zero-order valence-electron chi connectivity index (χ0n) is 9.14. The van der Waals surface area contributed by atoms with E-state index in [1.165, 1.54) is 11.1 Å². The lowest BCUT2D eigenvalue weighted by atomic mass is 10.2. The van der Waals surface area contributed by atoms with Gasteiger partial charge in [-0.15, -0.1) is 11.3 Å². The van der Waals surface area contributed by atoms with Crippen LogP contribution in [0.3, 0.4) is 0 Å². The average molecular weight is 253 g/mol. The van der Waals surface area contributed by atoms with Gasteiger partial charge in [-0.3, -0.25) is 0 Å². The van der Waals surface area contributed by atoms with E-state index in [4.69, 9.17) is 0 Å². The predicted molar refractivity (Wildman–Crippen MR) is 70.0 cm³/mol. The van der Waals surface area contributed by atoms with Gasteiger partial charge in [0.05, 0.1) is 0 Å². The summed E-state index contributed by atoms with van der Waals surface area (Å²) in [5.41, 5.74) is 2.64.